The number of amides is 1. The number of rotatable bonds is 6. The topological polar surface area (TPSA) is 47.6 Å². The molecule has 1 fully saturated rings. The quantitative estimate of drug-likeness (QED) is 0.800. The summed E-state index contributed by atoms with van der Waals surface area (Å²) in [7, 11) is 0. The largest absolute Gasteiger partial charge is 0.489 e. The smallest absolute Gasteiger partial charge is 0.265 e. The summed E-state index contributed by atoms with van der Waals surface area (Å²) in [4.78, 5) is 14.2. The van der Waals surface area contributed by atoms with E-state index in [4.69, 9.17) is 9.47 Å². The number of carbonyl (C=O) groups is 1. The molecular formula is C19H22FNO3S. The van der Waals surface area contributed by atoms with E-state index in [2.05, 4.69) is 19.2 Å². The predicted molar refractivity (Wildman–Crippen MR) is 97.2 cm³/mol. The van der Waals surface area contributed by atoms with Crippen molar-refractivity contribution in [1.29, 1.82) is 0 Å². The van der Waals surface area contributed by atoms with Gasteiger partial charge >= 0.3 is 0 Å². The summed E-state index contributed by atoms with van der Waals surface area (Å²) < 4.78 is 24.9. The molecule has 1 N–H and O–H groups in total. The van der Waals surface area contributed by atoms with Crippen molar-refractivity contribution in [3.05, 3.63) is 45.9 Å². The van der Waals surface area contributed by atoms with E-state index >= 15 is 0 Å². The van der Waals surface area contributed by atoms with Crippen molar-refractivity contribution in [1.82, 2.24) is 0 Å². The first-order chi connectivity index (χ1) is 12.0. The second-order valence-electron chi connectivity index (χ2n) is 6.40. The van der Waals surface area contributed by atoms with E-state index in [0.29, 0.717) is 28.8 Å². The predicted octanol–water partition coefficient (Wildman–Crippen LogP) is 4.82. The summed E-state index contributed by atoms with van der Waals surface area (Å²) in [5.74, 6) is 0.134. The van der Waals surface area contributed by atoms with Gasteiger partial charge < -0.3 is 14.8 Å². The molecule has 6 heteroatoms. The monoisotopic (exact) mass is 363 g/mol. The van der Waals surface area contributed by atoms with Crippen LogP contribution in [-0.2, 0) is 4.74 Å². The maximum absolute atomic E-state index is 13.6. The Balaban J connectivity index is 1.71. The fraction of sp³-hybridized carbons (Fsp3) is 0.421. The average Bonchev–Trinajstić information content (AvgIpc) is 3.26. The van der Waals surface area contributed by atoms with Crippen LogP contribution in [0.2, 0.25) is 0 Å². The fourth-order valence-corrected chi connectivity index (χ4v) is 3.56. The van der Waals surface area contributed by atoms with E-state index in [1.165, 1.54) is 29.5 Å². The first-order valence-electron chi connectivity index (χ1n) is 8.48. The van der Waals surface area contributed by atoms with Gasteiger partial charge in [0, 0.05) is 17.6 Å². The molecule has 1 atom stereocenters. The van der Waals surface area contributed by atoms with E-state index in [9.17, 15) is 9.18 Å². The highest BCUT2D eigenvalue weighted by molar-refractivity contribution is 7.14. The molecule has 134 valence electrons. The second kappa shape index (κ2) is 7.97. The maximum Gasteiger partial charge on any atom is 0.265 e. The van der Waals surface area contributed by atoms with Gasteiger partial charge in [-0.05, 0) is 43.0 Å². The highest BCUT2D eigenvalue weighted by Gasteiger charge is 2.18. The summed E-state index contributed by atoms with van der Waals surface area (Å²) in [5.41, 5.74) is 0.336. The molecule has 1 amide bonds. The molecular weight excluding hydrogens is 341 g/mol. The Hall–Kier alpha value is -1.92. The fourth-order valence-electron chi connectivity index (χ4n) is 2.65. The number of carbonyl (C=O) groups excluding carboxylic acids is 1. The first kappa shape index (κ1) is 17.9. The van der Waals surface area contributed by atoms with Gasteiger partial charge in [0.2, 0.25) is 0 Å². The second-order valence-corrected chi connectivity index (χ2v) is 7.51. The number of anilines is 1. The Bertz CT molecular complexity index is 738. The molecule has 2 aromatic rings. The van der Waals surface area contributed by atoms with Crippen LogP contribution in [0.1, 0.15) is 47.2 Å². The lowest BCUT2D eigenvalue weighted by Crippen LogP contribution is -2.18. The molecule has 2 heterocycles. The molecule has 1 aliphatic rings. The first-order valence-corrected chi connectivity index (χ1v) is 9.29. The Morgan fingerprint density at radius 3 is 2.92 bits per heavy atom. The minimum atomic E-state index is -0.422. The summed E-state index contributed by atoms with van der Waals surface area (Å²) in [6.45, 7) is 5.30. The molecule has 4 nitrogen and oxygen atoms in total. The van der Waals surface area contributed by atoms with Crippen LogP contribution in [0.15, 0.2) is 30.3 Å². The third kappa shape index (κ3) is 4.58. The zero-order valence-electron chi connectivity index (χ0n) is 14.4. The molecule has 25 heavy (non-hydrogen) atoms. The number of halogens is 1. The molecule has 3 rings (SSSR count). The van der Waals surface area contributed by atoms with Gasteiger partial charge in [-0.3, -0.25) is 4.79 Å². The van der Waals surface area contributed by atoms with Crippen molar-refractivity contribution in [2.45, 2.75) is 38.7 Å². The van der Waals surface area contributed by atoms with E-state index < -0.39 is 5.82 Å². The van der Waals surface area contributed by atoms with Crippen LogP contribution < -0.4 is 10.1 Å². The van der Waals surface area contributed by atoms with Crippen molar-refractivity contribution < 1.29 is 18.7 Å². The number of hydrogen-bond acceptors (Lipinski definition) is 4. The summed E-state index contributed by atoms with van der Waals surface area (Å²) in [6, 6.07) is 7.88. The average molecular weight is 363 g/mol. The molecule has 1 saturated heterocycles. The minimum absolute atomic E-state index is 0.0551. The summed E-state index contributed by atoms with van der Waals surface area (Å²) in [5, 5.41) is 2.76. The van der Waals surface area contributed by atoms with Crippen LogP contribution in [0.3, 0.4) is 0 Å². The Kier molecular flexibility index (Phi) is 5.71. The SMILES string of the molecule is CC(C)c1ccc(C(=O)Nc2cc(F)ccc2OCC2CCCO2)s1. The van der Waals surface area contributed by atoms with E-state index in [-0.39, 0.29) is 12.0 Å². The van der Waals surface area contributed by atoms with E-state index in [1.54, 1.807) is 6.07 Å². The van der Waals surface area contributed by atoms with Gasteiger partial charge in [0.25, 0.3) is 5.91 Å². The van der Waals surface area contributed by atoms with Crippen LogP contribution in [-0.4, -0.2) is 25.2 Å². The maximum atomic E-state index is 13.6. The molecule has 1 aromatic carbocycles. The number of hydrogen-bond donors (Lipinski definition) is 1. The van der Waals surface area contributed by atoms with Crippen LogP contribution in [0.25, 0.3) is 0 Å². The van der Waals surface area contributed by atoms with Crippen molar-refractivity contribution >= 4 is 22.9 Å². The van der Waals surface area contributed by atoms with E-state index in [1.807, 2.05) is 6.07 Å². The standard InChI is InChI=1S/C19H22FNO3S/c1-12(2)17-7-8-18(25-17)19(22)21-15-10-13(20)5-6-16(15)24-11-14-4-3-9-23-14/h5-8,10,12,14H,3-4,9,11H2,1-2H3,(H,21,22). The lowest BCUT2D eigenvalue weighted by Gasteiger charge is -2.15. The normalized spacial score (nSPS) is 17.0. The lowest BCUT2D eigenvalue weighted by atomic mass is 10.2. The molecule has 0 saturated carbocycles. The number of ether oxygens (including phenoxy) is 2. The molecule has 0 radical (unpaired) electrons. The molecule has 1 unspecified atom stereocenters. The zero-order chi connectivity index (χ0) is 17.8. The lowest BCUT2D eigenvalue weighted by molar-refractivity contribution is 0.0681. The van der Waals surface area contributed by atoms with Crippen LogP contribution in [0.4, 0.5) is 10.1 Å². The molecule has 0 bridgehead atoms. The minimum Gasteiger partial charge on any atom is -0.489 e. The molecule has 1 aliphatic heterocycles. The van der Waals surface area contributed by atoms with Gasteiger partial charge in [0.1, 0.15) is 18.2 Å². The van der Waals surface area contributed by atoms with Crippen molar-refractivity contribution in [2.75, 3.05) is 18.5 Å². The molecule has 0 spiro atoms. The Morgan fingerprint density at radius 1 is 1.40 bits per heavy atom. The number of thiophene rings is 1. The summed E-state index contributed by atoms with van der Waals surface area (Å²) >= 11 is 1.45. The molecule has 1 aromatic heterocycles. The molecule has 0 aliphatic carbocycles. The van der Waals surface area contributed by atoms with Gasteiger partial charge in [-0.1, -0.05) is 13.8 Å². The zero-order valence-corrected chi connectivity index (χ0v) is 15.2. The third-order valence-electron chi connectivity index (χ3n) is 4.06. The van der Waals surface area contributed by atoms with Crippen LogP contribution in [0, 0.1) is 5.82 Å². The van der Waals surface area contributed by atoms with Gasteiger partial charge in [-0.15, -0.1) is 11.3 Å². The highest BCUT2D eigenvalue weighted by atomic mass is 32.1. The third-order valence-corrected chi connectivity index (χ3v) is 5.44. The van der Waals surface area contributed by atoms with Crippen molar-refractivity contribution in [2.24, 2.45) is 0 Å². The Morgan fingerprint density at radius 2 is 2.24 bits per heavy atom. The summed E-state index contributed by atoms with van der Waals surface area (Å²) in [6.07, 6.45) is 2.03. The van der Waals surface area contributed by atoms with Gasteiger partial charge in [-0.2, -0.15) is 0 Å². The van der Waals surface area contributed by atoms with Gasteiger partial charge in [0.15, 0.2) is 0 Å². The number of benzene rings is 1. The Labute approximate surface area is 151 Å². The van der Waals surface area contributed by atoms with E-state index in [0.717, 1.165) is 24.3 Å². The van der Waals surface area contributed by atoms with Crippen molar-refractivity contribution in [3.63, 3.8) is 0 Å². The van der Waals surface area contributed by atoms with Crippen LogP contribution >= 0.6 is 11.3 Å². The van der Waals surface area contributed by atoms with Gasteiger partial charge in [-0.25, -0.2) is 4.39 Å². The number of nitrogens with one attached hydrogen (secondary N) is 1. The van der Waals surface area contributed by atoms with Crippen LogP contribution in [0.5, 0.6) is 5.75 Å². The van der Waals surface area contributed by atoms with Gasteiger partial charge in [0.05, 0.1) is 16.7 Å². The van der Waals surface area contributed by atoms with Crippen molar-refractivity contribution in [3.8, 4) is 5.75 Å². The highest BCUT2D eigenvalue weighted by Crippen LogP contribution is 2.29.